The minimum atomic E-state index is 0.127. The lowest BCUT2D eigenvalue weighted by Gasteiger charge is -2.41. The van der Waals surface area contributed by atoms with Crippen molar-refractivity contribution in [2.24, 2.45) is 11.8 Å². The van der Waals surface area contributed by atoms with Crippen LogP contribution in [-0.4, -0.2) is 17.2 Å². The van der Waals surface area contributed by atoms with E-state index < -0.39 is 0 Å². The number of aryl methyl sites for hydroxylation is 1. The number of ether oxygens (including phenoxy) is 1. The van der Waals surface area contributed by atoms with Gasteiger partial charge in [-0.25, -0.2) is 0 Å². The number of aromatic nitrogens is 1. The topological polar surface area (TPSA) is 60.2 Å². The van der Waals surface area contributed by atoms with Crippen molar-refractivity contribution in [1.29, 1.82) is 0 Å². The van der Waals surface area contributed by atoms with Gasteiger partial charge in [0, 0.05) is 12.8 Å². The molecule has 2 aliphatic rings. The second-order valence-corrected chi connectivity index (χ2v) is 6.39. The molecule has 4 heteroatoms. The van der Waals surface area contributed by atoms with Crippen LogP contribution in [0.4, 0.5) is 0 Å². The van der Waals surface area contributed by atoms with Crippen LogP contribution in [0.3, 0.4) is 0 Å². The average Bonchev–Trinajstić information content (AvgIpc) is 2.88. The molecule has 1 aliphatic carbocycles. The van der Waals surface area contributed by atoms with Crippen molar-refractivity contribution in [3.05, 3.63) is 29.6 Å². The highest BCUT2D eigenvalue weighted by atomic mass is 16.5. The van der Waals surface area contributed by atoms with Gasteiger partial charge in [0.05, 0.1) is 17.3 Å². The lowest BCUT2D eigenvalue weighted by Crippen LogP contribution is -2.43. The Morgan fingerprint density at radius 3 is 2.95 bits per heavy atom. The van der Waals surface area contributed by atoms with Crippen molar-refractivity contribution in [2.45, 2.75) is 57.1 Å². The molecule has 0 radical (unpaired) electrons. The Balaban J connectivity index is 1.78. The van der Waals surface area contributed by atoms with E-state index in [9.17, 15) is 0 Å². The summed E-state index contributed by atoms with van der Waals surface area (Å²) in [4.78, 5) is 4.52. The van der Waals surface area contributed by atoms with Crippen LogP contribution in [0.15, 0.2) is 18.3 Å². The number of nitrogens with one attached hydrogen (secondary N) is 1. The Morgan fingerprint density at radius 2 is 2.25 bits per heavy atom. The Kier molecular flexibility index (Phi) is 4.06. The van der Waals surface area contributed by atoms with E-state index in [0.29, 0.717) is 5.92 Å². The molecule has 1 spiro atoms. The summed E-state index contributed by atoms with van der Waals surface area (Å²) in [6, 6.07) is 4.30. The first-order valence-electron chi connectivity index (χ1n) is 7.75. The minimum Gasteiger partial charge on any atom is -0.375 e. The van der Waals surface area contributed by atoms with E-state index in [1.165, 1.54) is 31.2 Å². The molecular formula is C16H25N3O. The maximum atomic E-state index is 6.12. The zero-order valence-electron chi connectivity index (χ0n) is 12.3. The molecule has 3 N–H and O–H groups in total. The Hall–Kier alpha value is -0.970. The van der Waals surface area contributed by atoms with Crippen LogP contribution in [-0.2, 0) is 4.74 Å². The van der Waals surface area contributed by atoms with E-state index in [0.717, 1.165) is 25.1 Å². The summed E-state index contributed by atoms with van der Waals surface area (Å²) in [5, 5.41) is 0. The van der Waals surface area contributed by atoms with Crippen molar-refractivity contribution < 1.29 is 4.74 Å². The number of hydrogen-bond donors (Lipinski definition) is 2. The Labute approximate surface area is 121 Å². The summed E-state index contributed by atoms with van der Waals surface area (Å²) in [7, 11) is 0. The third-order valence-corrected chi connectivity index (χ3v) is 4.95. The maximum absolute atomic E-state index is 6.12. The van der Waals surface area contributed by atoms with Crippen LogP contribution >= 0.6 is 0 Å². The van der Waals surface area contributed by atoms with E-state index in [4.69, 9.17) is 10.6 Å². The van der Waals surface area contributed by atoms with Gasteiger partial charge >= 0.3 is 0 Å². The zero-order valence-corrected chi connectivity index (χ0v) is 12.3. The van der Waals surface area contributed by atoms with E-state index in [1.54, 1.807) is 0 Å². The lowest BCUT2D eigenvalue weighted by molar-refractivity contribution is -0.0984. The second kappa shape index (κ2) is 5.80. The third-order valence-electron chi connectivity index (χ3n) is 4.95. The highest BCUT2D eigenvalue weighted by Gasteiger charge is 2.42. The largest absolute Gasteiger partial charge is 0.375 e. The molecule has 1 saturated heterocycles. The zero-order chi connectivity index (χ0) is 14.0. The van der Waals surface area contributed by atoms with Gasteiger partial charge in [-0.05, 0) is 56.2 Å². The average molecular weight is 275 g/mol. The molecule has 1 aromatic heterocycles. The molecule has 2 atom stereocenters. The first kappa shape index (κ1) is 14.0. The molecule has 4 nitrogen and oxygen atoms in total. The molecule has 0 bridgehead atoms. The molecule has 20 heavy (non-hydrogen) atoms. The van der Waals surface area contributed by atoms with Gasteiger partial charge in [0.15, 0.2) is 0 Å². The predicted octanol–water partition coefficient (Wildman–Crippen LogP) is 2.63. The highest BCUT2D eigenvalue weighted by molar-refractivity contribution is 5.18. The van der Waals surface area contributed by atoms with Crippen LogP contribution in [0.1, 0.15) is 55.8 Å². The molecule has 1 saturated carbocycles. The van der Waals surface area contributed by atoms with Gasteiger partial charge in [-0.2, -0.15) is 0 Å². The third kappa shape index (κ3) is 2.73. The standard InChI is InChI=1S/C16H25N3O/c1-12-4-8-18-14(10-12)15(19-17)13-5-9-20-16(11-13)6-2-3-7-16/h4,8,10,13,15,19H,2-3,5-7,9,11,17H2,1H3. The summed E-state index contributed by atoms with van der Waals surface area (Å²) in [6.07, 6.45) is 9.07. The summed E-state index contributed by atoms with van der Waals surface area (Å²) in [5.74, 6) is 6.36. The first-order chi connectivity index (χ1) is 9.72. The molecule has 1 aromatic rings. The number of nitrogens with zero attached hydrogens (tertiary/aromatic N) is 1. The molecule has 0 aromatic carbocycles. The molecule has 110 valence electrons. The van der Waals surface area contributed by atoms with Crippen LogP contribution in [0.25, 0.3) is 0 Å². The maximum Gasteiger partial charge on any atom is 0.0686 e. The Morgan fingerprint density at radius 1 is 1.45 bits per heavy atom. The number of pyridine rings is 1. The molecule has 2 heterocycles. The van der Waals surface area contributed by atoms with Gasteiger partial charge in [-0.1, -0.05) is 12.8 Å². The minimum absolute atomic E-state index is 0.127. The van der Waals surface area contributed by atoms with Crippen molar-refractivity contribution in [1.82, 2.24) is 10.4 Å². The molecule has 2 unspecified atom stereocenters. The fourth-order valence-corrected chi connectivity index (χ4v) is 3.91. The summed E-state index contributed by atoms with van der Waals surface area (Å²) >= 11 is 0. The van der Waals surface area contributed by atoms with Crippen LogP contribution in [0.2, 0.25) is 0 Å². The van der Waals surface area contributed by atoms with Gasteiger partial charge in [0.25, 0.3) is 0 Å². The second-order valence-electron chi connectivity index (χ2n) is 6.39. The predicted molar refractivity (Wildman–Crippen MR) is 78.9 cm³/mol. The first-order valence-corrected chi connectivity index (χ1v) is 7.75. The van der Waals surface area contributed by atoms with Gasteiger partial charge in [-0.15, -0.1) is 0 Å². The summed E-state index contributed by atoms with van der Waals surface area (Å²) in [5.41, 5.74) is 5.43. The van der Waals surface area contributed by atoms with Crippen molar-refractivity contribution in [2.75, 3.05) is 6.61 Å². The fourth-order valence-electron chi connectivity index (χ4n) is 3.91. The molecule has 0 amide bonds. The highest BCUT2D eigenvalue weighted by Crippen LogP contribution is 2.44. The van der Waals surface area contributed by atoms with Gasteiger partial charge in [0.2, 0.25) is 0 Å². The van der Waals surface area contributed by atoms with Crippen molar-refractivity contribution in [3.63, 3.8) is 0 Å². The Bertz CT molecular complexity index is 457. The van der Waals surface area contributed by atoms with Crippen LogP contribution in [0, 0.1) is 12.8 Å². The van der Waals surface area contributed by atoms with E-state index in [-0.39, 0.29) is 11.6 Å². The monoisotopic (exact) mass is 275 g/mol. The van der Waals surface area contributed by atoms with Crippen LogP contribution in [0.5, 0.6) is 0 Å². The van der Waals surface area contributed by atoms with Gasteiger partial charge in [-0.3, -0.25) is 16.3 Å². The smallest absolute Gasteiger partial charge is 0.0686 e. The fraction of sp³-hybridized carbons (Fsp3) is 0.688. The number of nitrogens with two attached hydrogens (primary N) is 1. The van der Waals surface area contributed by atoms with E-state index in [1.807, 2.05) is 12.3 Å². The number of hydrazine groups is 1. The van der Waals surface area contributed by atoms with E-state index >= 15 is 0 Å². The molecule has 2 fully saturated rings. The van der Waals surface area contributed by atoms with Crippen molar-refractivity contribution in [3.8, 4) is 0 Å². The van der Waals surface area contributed by atoms with E-state index in [2.05, 4.69) is 23.4 Å². The molecule has 3 rings (SSSR count). The van der Waals surface area contributed by atoms with Gasteiger partial charge in [0.1, 0.15) is 0 Å². The number of rotatable bonds is 3. The van der Waals surface area contributed by atoms with Crippen molar-refractivity contribution >= 4 is 0 Å². The number of hydrogen-bond acceptors (Lipinski definition) is 4. The lowest BCUT2D eigenvalue weighted by atomic mass is 9.79. The molecular weight excluding hydrogens is 250 g/mol. The summed E-state index contributed by atoms with van der Waals surface area (Å²) in [6.45, 7) is 2.95. The quantitative estimate of drug-likeness (QED) is 0.657. The van der Waals surface area contributed by atoms with Gasteiger partial charge < -0.3 is 4.74 Å². The summed E-state index contributed by atoms with van der Waals surface area (Å²) < 4.78 is 6.12. The normalized spacial score (nSPS) is 26.8. The SMILES string of the molecule is Cc1ccnc(C(NN)C2CCOC3(CCCC3)C2)c1. The molecule has 1 aliphatic heterocycles. The van der Waals surface area contributed by atoms with Crippen LogP contribution < -0.4 is 11.3 Å².